The van der Waals surface area contributed by atoms with Crippen LogP contribution in [0.3, 0.4) is 0 Å². The molecule has 53 heavy (non-hydrogen) atoms. The van der Waals surface area contributed by atoms with E-state index in [0.29, 0.717) is 0 Å². The number of hydrogen-bond donors (Lipinski definition) is 0. The van der Waals surface area contributed by atoms with E-state index in [1.165, 1.54) is 0 Å². The van der Waals surface area contributed by atoms with Gasteiger partial charge in [-0.05, 0) is 28.2 Å². The zero-order valence-corrected chi connectivity index (χ0v) is 28.9. The lowest BCUT2D eigenvalue weighted by molar-refractivity contribution is -0.464. The highest BCUT2D eigenvalue weighted by atomic mass is 31.2. The lowest BCUT2D eigenvalue weighted by atomic mass is 10.4. The van der Waals surface area contributed by atoms with E-state index in [2.05, 4.69) is 4.91 Å². The van der Waals surface area contributed by atoms with Gasteiger partial charge in [-0.3, -0.25) is 0 Å². The zero-order valence-electron chi connectivity index (χ0n) is 28.1. The lowest BCUT2D eigenvalue weighted by Crippen LogP contribution is -2.62. The van der Waals surface area contributed by atoms with Crippen LogP contribution in [0.25, 0.3) is 0 Å². The summed E-state index contributed by atoms with van der Waals surface area (Å²) in [6.45, 7) is -10.1. The molecule has 0 atom stereocenters. The zero-order chi connectivity index (χ0) is 41.7. The molecule has 10 nitrogen and oxygen atoms in total. The van der Waals surface area contributed by atoms with E-state index in [0.717, 1.165) is 37.5 Å². The molecule has 0 spiro atoms. The average Bonchev–Trinajstić information content (AvgIpc) is 2.89. The molecule has 0 aromatic carbocycles. The van der Waals surface area contributed by atoms with Crippen LogP contribution in [0.2, 0.25) is 0 Å². The van der Waals surface area contributed by atoms with Crippen molar-refractivity contribution < 1.29 is 108 Å². The Balaban J connectivity index is 8.21. The number of hydrogen-bond acceptors (Lipinski definition) is 7. The number of alkyl halides is 18. The SMILES string of the molecule is CN(C)P(=NOCCC(F)(F)F)(N(C)C)N(C(OCCC(F)(F)F)OCCC(F)(F)F)C(OCCC(F)(F)F)(OCCC(F)(F)F)OCCC(F)(F)F. The summed E-state index contributed by atoms with van der Waals surface area (Å²) < 4.78 is 264. The Morgan fingerprint density at radius 3 is 0.962 bits per heavy atom. The fourth-order valence-corrected chi connectivity index (χ4v) is 6.56. The topological polar surface area (TPSA) is 77.5 Å². The molecule has 0 radical (unpaired) electrons. The van der Waals surface area contributed by atoms with Crippen molar-refractivity contribution >= 4 is 7.51 Å². The van der Waals surface area contributed by atoms with Gasteiger partial charge in [0.25, 0.3) is 0 Å². The molecule has 0 N–H and O–H groups in total. The van der Waals surface area contributed by atoms with Gasteiger partial charge >= 0.3 is 43.2 Å². The van der Waals surface area contributed by atoms with Crippen molar-refractivity contribution in [2.45, 2.75) is 88.1 Å². The number of rotatable bonds is 23. The van der Waals surface area contributed by atoms with Gasteiger partial charge in [-0.2, -0.15) is 79.0 Å². The van der Waals surface area contributed by atoms with Crippen molar-refractivity contribution in [2.24, 2.45) is 4.91 Å². The van der Waals surface area contributed by atoms with Crippen molar-refractivity contribution in [2.75, 3.05) is 67.8 Å². The maximum Gasteiger partial charge on any atom is 0.391 e. The second-order valence-corrected chi connectivity index (χ2v) is 14.1. The molecule has 0 aliphatic heterocycles. The molecule has 0 rings (SSSR count). The highest BCUT2D eigenvalue weighted by molar-refractivity contribution is 7.59. The minimum atomic E-state index is -5.21. The fraction of sp³-hybridized carbons (Fsp3) is 1.00. The molecule has 0 unspecified atom stereocenters. The van der Waals surface area contributed by atoms with E-state index in [-0.39, 0.29) is 4.67 Å². The first-order chi connectivity index (χ1) is 23.6. The van der Waals surface area contributed by atoms with Crippen LogP contribution >= 0.6 is 7.51 Å². The molecule has 320 valence electrons. The third-order valence-corrected chi connectivity index (χ3v) is 9.28. The predicted octanol–water partition coefficient (Wildman–Crippen LogP) is 8.98. The highest BCUT2D eigenvalue weighted by Crippen LogP contribution is 2.62. The van der Waals surface area contributed by atoms with E-state index in [1.807, 2.05) is 0 Å². The summed E-state index contributed by atoms with van der Waals surface area (Å²) in [4.78, 5) is 8.38. The van der Waals surface area contributed by atoms with Gasteiger partial charge in [0.2, 0.25) is 13.9 Å². The van der Waals surface area contributed by atoms with Gasteiger partial charge in [-0.1, -0.05) is 0 Å². The second-order valence-electron chi connectivity index (χ2n) is 10.8. The summed E-state index contributed by atoms with van der Waals surface area (Å²) in [5, 5.41) is 0. The van der Waals surface area contributed by atoms with Crippen molar-refractivity contribution in [3.05, 3.63) is 0 Å². The maximum absolute atomic E-state index is 13.3. The second kappa shape index (κ2) is 20.7. The summed E-state index contributed by atoms with van der Waals surface area (Å²) in [6, 6.07) is 0. The van der Waals surface area contributed by atoms with Crippen molar-refractivity contribution in [3.8, 4) is 0 Å². The standard InChI is InChI=1S/C24H37F18N4O6P/c1-44(2)53(45(3)4,43-52-16-10-23(40,41)42)46(17(47-11-5-18(25,26)27)48-12-6-19(28,29)30)24(49-13-7-20(31,32)33,50-14-8-21(34,35)36)51-15-9-22(37,38)39/h17H,5-16H2,1-4H3. The summed E-state index contributed by atoms with van der Waals surface area (Å²) in [5.74, 6) is 0. The van der Waals surface area contributed by atoms with Crippen molar-refractivity contribution in [1.82, 2.24) is 14.0 Å². The third kappa shape index (κ3) is 22.1. The maximum atomic E-state index is 13.3. The van der Waals surface area contributed by atoms with Gasteiger partial charge in [0.05, 0.1) is 78.2 Å². The molecule has 0 saturated carbocycles. The number of ether oxygens (including phenoxy) is 5. The molecule has 0 fully saturated rings. The van der Waals surface area contributed by atoms with Crippen molar-refractivity contribution in [3.63, 3.8) is 0 Å². The monoisotopic (exact) mass is 850 g/mol. The fourth-order valence-electron chi connectivity index (χ4n) is 3.58. The van der Waals surface area contributed by atoms with Crippen LogP contribution in [-0.4, -0.2) is 131 Å². The Kier molecular flexibility index (Phi) is 20.1. The molecule has 0 aliphatic carbocycles. The number of nitrogens with zero attached hydrogens (tertiary/aromatic N) is 4. The molecule has 0 heterocycles. The van der Waals surface area contributed by atoms with Crippen molar-refractivity contribution in [1.29, 1.82) is 0 Å². The predicted molar refractivity (Wildman–Crippen MR) is 145 cm³/mol. The summed E-state index contributed by atoms with van der Waals surface area (Å²) in [7, 11) is -1.28. The molecule has 0 aliphatic rings. The molecular formula is C24H37F18N4O6P. The Morgan fingerprint density at radius 2 is 0.698 bits per heavy atom. The van der Waals surface area contributed by atoms with Crippen LogP contribution in [0.1, 0.15) is 38.5 Å². The van der Waals surface area contributed by atoms with E-state index >= 15 is 0 Å². The lowest BCUT2D eigenvalue weighted by Gasteiger charge is -2.52. The van der Waals surface area contributed by atoms with Crippen LogP contribution in [-0.2, 0) is 28.5 Å². The van der Waals surface area contributed by atoms with E-state index < -0.39 is 135 Å². The van der Waals surface area contributed by atoms with Gasteiger partial charge in [0.15, 0.2) is 0 Å². The summed E-state index contributed by atoms with van der Waals surface area (Å²) >= 11 is 0. The molecule has 0 aromatic rings. The molecule has 29 heteroatoms. The highest BCUT2D eigenvalue weighted by Gasteiger charge is 2.58. The quantitative estimate of drug-likeness (QED) is 0.0330. The third-order valence-electron chi connectivity index (χ3n) is 5.79. The molecule has 0 aromatic heterocycles. The van der Waals surface area contributed by atoms with Crippen LogP contribution < -0.4 is 0 Å². The van der Waals surface area contributed by atoms with Gasteiger partial charge in [0, 0.05) is 0 Å². The molecule has 0 bridgehead atoms. The van der Waals surface area contributed by atoms with Crippen LogP contribution in [0, 0.1) is 0 Å². The van der Waals surface area contributed by atoms with E-state index in [9.17, 15) is 79.0 Å². The van der Waals surface area contributed by atoms with Gasteiger partial charge < -0.3 is 23.7 Å². The Bertz CT molecular complexity index is 1020. The Labute approximate surface area is 290 Å². The van der Waals surface area contributed by atoms with E-state index in [1.54, 1.807) is 0 Å². The normalized spacial score (nSPS) is 14.8. The van der Waals surface area contributed by atoms with Gasteiger partial charge in [-0.25, -0.2) is 14.2 Å². The smallest absolute Gasteiger partial charge is 0.339 e. The minimum absolute atomic E-state index is 0.0938. The number of halogens is 18. The van der Waals surface area contributed by atoms with Gasteiger partial charge in [0.1, 0.15) is 0 Å². The molecule has 0 amide bonds. The van der Waals surface area contributed by atoms with Crippen LogP contribution in [0.15, 0.2) is 4.91 Å². The first kappa shape index (κ1) is 51.6. The first-order valence-corrected chi connectivity index (χ1v) is 16.2. The molecular weight excluding hydrogens is 813 g/mol. The van der Waals surface area contributed by atoms with Crippen LogP contribution in [0.5, 0.6) is 0 Å². The summed E-state index contributed by atoms with van der Waals surface area (Å²) in [5.41, 5.74) is 0. The Morgan fingerprint density at radius 1 is 0.434 bits per heavy atom. The minimum Gasteiger partial charge on any atom is -0.339 e. The van der Waals surface area contributed by atoms with E-state index in [4.69, 9.17) is 28.5 Å². The molecule has 0 saturated heterocycles. The largest absolute Gasteiger partial charge is 0.391 e. The van der Waals surface area contributed by atoms with Crippen LogP contribution in [0.4, 0.5) is 79.0 Å². The summed E-state index contributed by atoms with van der Waals surface area (Å²) in [6.07, 6.45) is -49.8. The van der Waals surface area contributed by atoms with Gasteiger partial charge in [-0.15, -0.1) is 9.58 Å². The average molecular weight is 851 g/mol. The first-order valence-electron chi connectivity index (χ1n) is 14.6. The Hall–Kier alpha value is -1.39.